The summed E-state index contributed by atoms with van der Waals surface area (Å²) in [5.41, 5.74) is 4.54. The van der Waals surface area contributed by atoms with E-state index in [1.165, 1.54) is 93.0 Å². The lowest BCUT2D eigenvalue weighted by molar-refractivity contribution is -0.145. The monoisotopic (exact) mass is 782 g/mol. The molecule has 4 N–H and O–H groups in total. The summed E-state index contributed by atoms with van der Waals surface area (Å²) in [5.74, 6) is 5.73. The number of aliphatic hydroxyl groups excluding tert-OH is 2. The van der Waals surface area contributed by atoms with E-state index in [0.29, 0.717) is 17.5 Å². The molecule has 3 aromatic rings. The van der Waals surface area contributed by atoms with Gasteiger partial charge < -0.3 is 25.4 Å². The van der Waals surface area contributed by atoms with Gasteiger partial charge in [0.15, 0.2) is 12.1 Å². The van der Waals surface area contributed by atoms with Gasteiger partial charge in [-0.2, -0.15) is 15.6 Å². The first-order chi connectivity index (χ1) is 26.6. The molecular formula is C39H52FN6O8P. The summed E-state index contributed by atoms with van der Waals surface area (Å²) in [4.78, 5) is 3.90. The summed E-state index contributed by atoms with van der Waals surface area (Å²) in [6.07, 6.45) is 10.5. The van der Waals surface area contributed by atoms with Gasteiger partial charge in [-0.1, -0.05) is 77.6 Å². The van der Waals surface area contributed by atoms with Gasteiger partial charge in [-0.3, -0.25) is 13.6 Å². The molecule has 0 spiro atoms. The Hall–Kier alpha value is -3.94. The number of phosphoric ester groups is 1. The van der Waals surface area contributed by atoms with Crippen molar-refractivity contribution in [3.8, 4) is 24.0 Å². The fourth-order valence-electron chi connectivity index (χ4n) is 6.33. The summed E-state index contributed by atoms with van der Waals surface area (Å²) in [6.45, 7) is 1.74. The van der Waals surface area contributed by atoms with Gasteiger partial charge in [-0.05, 0) is 42.3 Å². The highest BCUT2D eigenvalue weighted by atomic mass is 31.2. The van der Waals surface area contributed by atoms with Crippen molar-refractivity contribution in [3.05, 3.63) is 59.3 Å². The zero-order valence-corrected chi connectivity index (χ0v) is 32.5. The molecule has 0 radical (unpaired) electrons. The maximum atomic E-state index is 14.1. The Bertz CT molecular complexity index is 1870. The van der Waals surface area contributed by atoms with Crippen LogP contribution < -0.4 is 5.73 Å². The lowest BCUT2D eigenvalue weighted by Crippen LogP contribution is -2.40. The summed E-state index contributed by atoms with van der Waals surface area (Å²) in [5, 5.41) is 45.5. The molecule has 6 atom stereocenters. The van der Waals surface area contributed by atoms with E-state index >= 15 is 0 Å². The number of hydrogen-bond acceptors (Lipinski definition) is 13. The van der Waals surface area contributed by atoms with Crippen LogP contribution in [0.3, 0.4) is 0 Å². The molecule has 0 saturated carbocycles. The van der Waals surface area contributed by atoms with Gasteiger partial charge in [0.1, 0.15) is 35.9 Å². The zero-order valence-electron chi connectivity index (χ0n) is 31.6. The summed E-state index contributed by atoms with van der Waals surface area (Å²) in [6, 6.07) is 10.6. The standard InChI is InChI=1S/C39H52FN6O8P/c1-3-4-5-6-7-8-9-10-11-12-13-14-15-16-17-18-32(51-25-30-21-29(24-41)22-31(40)23-30)26-52-55(49,50-2)54-38-35(47)36(48)39(27-42,53-38)34-20-19-33-37(43)44-28-45-46(33)34/h19-23,28,32,35-36,38,47-48H,3-15,18,25-26H2,1-2H3,(H2,43,44,45)/t32-,35+,36-,38-,39+,55?/m1/s1. The Balaban J connectivity index is 1.34. The van der Waals surface area contributed by atoms with E-state index in [1.54, 1.807) is 0 Å². The smallest absolute Gasteiger partial charge is 0.386 e. The molecule has 2 aromatic heterocycles. The zero-order chi connectivity index (χ0) is 39.7. The molecule has 0 amide bonds. The summed E-state index contributed by atoms with van der Waals surface area (Å²) in [7, 11) is -3.49. The number of phosphoric acid groups is 1. The van der Waals surface area contributed by atoms with Crippen molar-refractivity contribution < 1.29 is 42.2 Å². The van der Waals surface area contributed by atoms with E-state index < -0.39 is 43.8 Å². The maximum absolute atomic E-state index is 14.1. The number of ether oxygens (including phenoxy) is 2. The van der Waals surface area contributed by atoms with Crippen molar-refractivity contribution in [3.63, 3.8) is 0 Å². The molecule has 1 unspecified atom stereocenters. The molecular weight excluding hydrogens is 730 g/mol. The SMILES string of the molecule is CCCCCCCCCCCCCCC#CC[C@H](COP(=O)(OC)O[C@H]1O[C@@](C#N)(c2ccc3c(N)ncnn23)[C@H](O)[C@@H]1O)OCc1cc(F)cc(C#N)c1. The third kappa shape index (κ3) is 12.3. The molecule has 4 rings (SSSR count). The number of nitriles is 2. The molecule has 298 valence electrons. The molecule has 1 aliphatic heterocycles. The Morgan fingerprint density at radius 2 is 1.73 bits per heavy atom. The number of halogens is 1. The Labute approximate surface area is 322 Å². The second-order valence-corrected chi connectivity index (χ2v) is 15.3. The maximum Gasteiger partial charge on any atom is 0.477 e. The van der Waals surface area contributed by atoms with Crippen LogP contribution in [0.15, 0.2) is 36.7 Å². The Kier molecular flexibility index (Phi) is 17.5. The van der Waals surface area contributed by atoms with Crippen LogP contribution in [-0.2, 0) is 39.8 Å². The molecule has 0 aliphatic carbocycles. The minimum absolute atomic E-state index is 0.0114. The number of aromatic nitrogens is 3. The number of aliphatic hydroxyl groups is 2. The number of hydrogen-bond donors (Lipinski definition) is 3. The first kappa shape index (κ1) is 43.8. The van der Waals surface area contributed by atoms with Crippen LogP contribution in [-0.4, -0.2) is 63.1 Å². The second kappa shape index (κ2) is 22.0. The third-order valence-corrected chi connectivity index (χ3v) is 10.8. The fourth-order valence-corrected chi connectivity index (χ4v) is 7.35. The summed E-state index contributed by atoms with van der Waals surface area (Å²) < 4.78 is 57.0. The second-order valence-electron chi connectivity index (χ2n) is 13.6. The van der Waals surface area contributed by atoms with Crippen molar-refractivity contribution >= 4 is 19.2 Å². The van der Waals surface area contributed by atoms with E-state index in [-0.39, 0.29) is 36.7 Å². The van der Waals surface area contributed by atoms with E-state index in [1.807, 2.05) is 12.1 Å². The van der Waals surface area contributed by atoms with Crippen molar-refractivity contribution in [2.45, 2.75) is 134 Å². The highest BCUT2D eigenvalue weighted by Crippen LogP contribution is 2.53. The molecule has 1 aromatic carbocycles. The van der Waals surface area contributed by atoms with E-state index in [4.69, 9.17) is 28.8 Å². The first-order valence-corrected chi connectivity index (χ1v) is 20.3. The van der Waals surface area contributed by atoms with Gasteiger partial charge in [-0.15, -0.1) is 11.8 Å². The average molecular weight is 783 g/mol. The van der Waals surface area contributed by atoms with Crippen LogP contribution in [0.25, 0.3) is 5.52 Å². The fraction of sp³-hybridized carbons (Fsp3) is 0.590. The lowest BCUT2D eigenvalue weighted by atomic mass is 9.93. The number of fused-ring (bicyclic) bond motifs is 1. The van der Waals surface area contributed by atoms with Gasteiger partial charge in [0.25, 0.3) is 0 Å². The molecule has 0 bridgehead atoms. The minimum atomic E-state index is -4.55. The van der Waals surface area contributed by atoms with Gasteiger partial charge >= 0.3 is 7.82 Å². The molecule has 16 heteroatoms. The quantitative estimate of drug-likeness (QED) is 0.0505. The highest BCUT2D eigenvalue weighted by molar-refractivity contribution is 7.48. The summed E-state index contributed by atoms with van der Waals surface area (Å²) >= 11 is 0. The van der Waals surface area contributed by atoms with Crippen molar-refractivity contribution in [2.75, 3.05) is 19.5 Å². The Morgan fingerprint density at radius 3 is 2.38 bits per heavy atom. The van der Waals surface area contributed by atoms with Gasteiger partial charge in [0, 0.05) is 20.0 Å². The lowest BCUT2D eigenvalue weighted by Gasteiger charge is -2.25. The van der Waals surface area contributed by atoms with Crippen LogP contribution in [0.5, 0.6) is 0 Å². The van der Waals surface area contributed by atoms with Gasteiger partial charge in [0.05, 0.1) is 36.6 Å². The van der Waals surface area contributed by atoms with E-state index in [9.17, 15) is 29.7 Å². The first-order valence-electron chi connectivity index (χ1n) is 18.9. The van der Waals surface area contributed by atoms with Crippen LogP contribution in [0.2, 0.25) is 0 Å². The van der Waals surface area contributed by atoms with Crippen molar-refractivity contribution in [1.82, 2.24) is 14.6 Å². The van der Waals surface area contributed by atoms with Gasteiger partial charge in [-0.25, -0.2) is 18.5 Å². The van der Waals surface area contributed by atoms with Crippen LogP contribution in [0, 0.1) is 40.3 Å². The largest absolute Gasteiger partial charge is 0.477 e. The van der Waals surface area contributed by atoms with E-state index in [0.717, 1.165) is 32.3 Å². The molecule has 1 fully saturated rings. The van der Waals surface area contributed by atoms with Crippen molar-refractivity contribution in [2.24, 2.45) is 0 Å². The highest BCUT2D eigenvalue weighted by Gasteiger charge is 2.59. The number of rotatable bonds is 23. The van der Waals surface area contributed by atoms with Crippen LogP contribution in [0.4, 0.5) is 10.2 Å². The minimum Gasteiger partial charge on any atom is -0.386 e. The topological polar surface area (TPSA) is 207 Å². The number of nitrogens with two attached hydrogens (primary N) is 1. The molecule has 1 aliphatic rings. The van der Waals surface area contributed by atoms with E-state index in [2.05, 4.69) is 28.8 Å². The molecule has 1 saturated heterocycles. The number of nitrogens with zero attached hydrogens (tertiary/aromatic N) is 5. The number of nitrogen functional groups attached to an aromatic ring is 1. The van der Waals surface area contributed by atoms with Crippen LogP contribution >= 0.6 is 7.82 Å². The molecule has 3 heterocycles. The predicted molar refractivity (Wildman–Crippen MR) is 201 cm³/mol. The Morgan fingerprint density at radius 1 is 1.04 bits per heavy atom. The normalized spacial score (nSPS) is 21.0. The van der Waals surface area contributed by atoms with Gasteiger partial charge in [0.2, 0.25) is 5.60 Å². The predicted octanol–water partition coefficient (Wildman–Crippen LogP) is 6.98. The van der Waals surface area contributed by atoms with Crippen LogP contribution in [0.1, 0.15) is 114 Å². The number of anilines is 1. The number of unbranched alkanes of at least 4 members (excludes halogenated alkanes) is 12. The molecule has 14 nitrogen and oxygen atoms in total. The third-order valence-electron chi connectivity index (χ3n) is 9.41. The van der Waals surface area contributed by atoms with Crippen molar-refractivity contribution in [1.29, 1.82) is 10.5 Å². The number of benzene rings is 1. The molecule has 55 heavy (non-hydrogen) atoms. The average Bonchev–Trinajstić information content (AvgIpc) is 3.73.